The summed E-state index contributed by atoms with van der Waals surface area (Å²) in [6.45, 7) is 2.26. The van der Waals surface area contributed by atoms with Crippen LogP contribution in [-0.4, -0.2) is 23.7 Å². The average molecular weight is 326 g/mol. The molecule has 0 heterocycles. The standard InChI is InChI=1S/C19H22N2O3/c1-14(21-19(24)20-13-5-8-18(22)23)15-9-11-17(12-10-15)16-6-3-2-4-7-16/h2-4,6-7,9-12,14H,5,8,13H2,1H3,(H,22,23)(H2,20,21,24). The lowest BCUT2D eigenvalue weighted by Crippen LogP contribution is -2.37. The van der Waals surface area contributed by atoms with Gasteiger partial charge in [0.25, 0.3) is 0 Å². The van der Waals surface area contributed by atoms with E-state index < -0.39 is 5.97 Å². The zero-order valence-corrected chi connectivity index (χ0v) is 13.7. The van der Waals surface area contributed by atoms with Gasteiger partial charge in [0.2, 0.25) is 0 Å². The average Bonchev–Trinajstić information content (AvgIpc) is 2.59. The van der Waals surface area contributed by atoms with Crippen molar-refractivity contribution in [2.45, 2.75) is 25.8 Å². The summed E-state index contributed by atoms with van der Waals surface area (Å²) in [5.41, 5.74) is 3.29. The van der Waals surface area contributed by atoms with Crippen molar-refractivity contribution in [2.75, 3.05) is 6.54 Å². The van der Waals surface area contributed by atoms with Crippen LogP contribution in [-0.2, 0) is 4.79 Å². The second kappa shape index (κ2) is 8.72. The number of urea groups is 1. The molecule has 1 unspecified atom stereocenters. The Kier molecular flexibility index (Phi) is 6.37. The summed E-state index contributed by atoms with van der Waals surface area (Å²) in [7, 11) is 0. The van der Waals surface area contributed by atoms with Crippen molar-refractivity contribution in [2.24, 2.45) is 0 Å². The first-order valence-corrected chi connectivity index (χ1v) is 7.98. The molecule has 126 valence electrons. The molecule has 2 aromatic carbocycles. The molecule has 0 aliphatic heterocycles. The molecule has 3 N–H and O–H groups in total. The molecule has 0 aliphatic rings. The Hall–Kier alpha value is -2.82. The van der Waals surface area contributed by atoms with E-state index >= 15 is 0 Å². The number of carbonyl (C=O) groups excluding carboxylic acids is 1. The molecule has 1 atom stereocenters. The molecule has 5 heteroatoms. The molecule has 0 saturated carbocycles. The highest BCUT2D eigenvalue weighted by molar-refractivity contribution is 5.74. The Balaban J connectivity index is 1.85. The molecule has 2 amide bonds. The summed E-state index contributed by atoms with van der Waals surface area (Å²) in [5.74, 6) is -0.857. The Labute approximate surface area is 141 Å². The quantitative estimate of drug-likeness (QED) is 0.681. The van der Waals surface area contributed by atoms with Crippen LogP contribution >= 0.6 is 0 Å². The van der Waals surface area contributed by atoms with Crippen LogP contribution < -0.4 is 10.6 Å². The van der Waals surface area contributed by atoms with Crippen LogP contribution in [0.3, 0.4) is 0 Å². The molecular formula is C19H22N2O3. The van der Waals surface area contributed by atoms with Crippen molar-refractivity contribution in [1.82, 2.24) is 10.6 Å². The number of carboxylic acid groups (broad SMARTS) is 1. The van der Waals surface area contributed by atoms with Crippen molar-refractivity contribution in [3.05, 3.63) is 60.2 Å². The lowest BCUT2D eigenvalue weighted by Gasteiger charge is -2.15. The zero-order chi connectivity index (χ0) is 17.4. The minimum atomic E-state index is -0.857. The molecule has 0 fully saturated rings. The van der Waals surface area contributed by atoms with Gasteiger partial charge in [0.05, 0.1) is 6.04 Å². The zero-order valence-electron chi connectivity index (χ0n) is 13.7. The van der Waals surface area contributed by atoms with Gasteiger partial charge in [-0.15, -0.1) is 0 Å². The van der Waals surface area contributed by atoms with Gasteiger partial charge in [-0.1, -0.05) is 54.6 Å². The summed E-state index contributed by atoms with van der Waals surface area (Å²) >= 11 is 0. The van der Waals surface area contributed by atoms with Crippen molar-refractivity contribution in [3.63, 3.8) is 0 Å². The van der Waals surface area contributed by atoms with Crippen LogP contribution in [0.5, 0.6) is 0 Å². The predicted molar refractivity (Wildman–Crippen MR) is 93.7 cm³/mol. The molecule has 2 rings (SSSR count). The van der Waals surface area contributed by atoms with Crippen molar-refractivity contribution < 1.29 is 14.7 Å². The second-order valence-corrected chi connectivity index (χ2v) is 5.61. The number of carbonyl (C=O) groups is 2. The number of hydrogen-bond acceptors (Lipinski definition) is 2. The van der Waals surface area contributed by atoms with Gasteiger partial charge in [0.15, 0.2) is 0 Å². The van der Waals surface area contributed by atoms with Gasteiger partial charge >= 0.3 is 12.0 Å². The van der Waals surface area contributed by atoms with Crippen LogP contribution in [0.4, 0.5) is 4.79 Å². The molecule has 0 aromatic heterocycles. The fourth-order valence-electron chi connectivity index (χ4n) is 2.37. The van der Waals surface area contributed by atoms with Gasteiger partial charge in [0.1, 0.15) is 0 Å². The molecule has 0 spiro atoms. The largest absolute Gasteiger partial charge is 0.481 e. The minimum Gasteiger partial charge on any atom is -0.481 e. The third-order valence-electron chi connectivity index (χ3n) is 3.72. The number of amides is 2. The number of benzene rings is 2. The monoisotopic (exact) mass is 326 g/mol. The summed E-state index contributed by atoms with van der Waals surface area (Å²) in [4.78, 5) is 22.2. The second-order valence-electron chi connectivity index (χ2n) is 5.61. The van der Waals surface area contributed by atoms with Crippen LogP contribution in [0.2, 0.25) is 0 Å². The van der Waals surface area contributed by atoms with Crippen LogP contribution in [0.25, 0.3) is 11.1 Å². The molecule has 0 radical (unpaired) electrons. The Morgan fingerprint density at radius 1 is 1.00 bits per heavy atom. The molecular weight excluding hydrogens is 304 g/mol. The van der Waals surface area contributed by atoms with E-state index in [0.717, 1.165) is 16.7 Å². The van der Waals surface area contributed by atoms with Gasteiger partial charge in [-0.25, -0.2) is 4.79 Å². The normalized spacial score (nSPS) is 11.5. The Morgan fingerprint density at radius 3 is 2.25 bits per heavy atom. The smallest absolute Gasteiger partial charge is 0.315 e. The van der Waals surface area contributed by atoms with E-state index in [2.05, 4.69) is 22.8 Å². The lowest BCUT2D eigenvalue weighted by atomic mass is 10.0. The lowest BCUT2D eigenvalue weighted by molar-refractivity contribution is -0.137. The van der Waals surface area contributed by atoms with Gasteiger partial charge in [-0.3, -0.25) is 4.79 Å². The minimum absolute atomic E-state index is 0.0524. The highest BCUT2D eigenvalue weighted by Gasteiger charge is 2.09. The first kappa shape index (κ1) is 17.5. The number of carboxylic acids is 1. The van der Waals surface area contributed by atoms with Gasteiger partial charge < -0.3 is 15.7 Å². The predicted octanol–water partition coefficient (Wildman–Crippen LogP) is 3.58. The van der Waals surface area contributed by atoms with Gasteiger partial charge in [-0.05, 0) is 30.0 Å². The van der Waals surface area contributed by atoms with Crippen molar-refractivity contribution in [1.29, 1.82) is 0 Å². The summed E-state index contributed by atoms with van der Waals surface area (Å²) < 4.78 is 0. The van der Waals surface area contributed by atoms with E-state index in [1.165, 1.54) is 0 Å². The molecule has 2 aromatic rings. The van der Waals surface area contributed by atoms with Crippen LogP contribution in [0, 0.1) is 0 Å². The number of rotatable bonds is 7. The van der Waals surface area contributed by atoms with E-state index in [4.69, 9.17) is 5.11 Å². The van der Waals surface area contributed by atoms with E-state index in [1.54, 1.807) is 0 Å². The first-order chi connectivity index (χ1) is 11.6. The highest BCUT2D eigenvalue weighted by Crippen LogP contribution is 2.21. The third-order valence-corrected chi connectivity index (χ3v) is 3.72. The molecule has 5 nitrogen and oxygen atoms in total. The summed E-state index contributed by atoms with van der Waals surface area (Å²) in [6, 6.07) is 17.7. The van der Waals surface area contributed by atoms with E-state index in [-0.39, 0.29) is 18.5 Å². The Bertz CT molecular complexity index is 669. The number of aliphatic carboxylic acids is 1. The SMILES string of the molecule is CC(NC(=O)NCCCC(=O)O)c1ccc(-c2ccccc2)cc1. The van der Waals surface area contributed by atoms with Crippen molar-refractivity contribution >= 4 is 12.0 Å². The fourth-order valence-corrected chi connectivity index (χ4v) is 2.37. The van der Waals surface area contributed by atoms with E-state index in [9.17, 15) is 9.59 Å². The molecule has 0 bridgehead atoms. The van der Waals surface area contributed by atoms with Gasteiger partial charge in [0, 0.05) is 13.0 Å². The van der Waals surface area contributed by atoms with Crippen LogP contribution in [0.15, 0.2) is 54.6 Å². The van der Waals surface area contributed by atoms with Crippen LogP contribution in [0.1, 0.15) is 31.4 Å². The fraction of sp³-hybridized carbons (Fsp3) is 0.263. The van der Waals surface area contributed by atoms with Crippen molar-refractivity contribution in [3.8, 4) is 11.1 Å². The topological polar surface area (TPSA) is 78.4 Å². The maximum atomic E-state index is 11.8. The first-order valence-electron chi connectivity index (χ1n) is 7.98. The summed E-state index contributed by atoms with van der Waals surface area (Å²) in [5, 5.41) is 14.1. The van der Waals surface area contributed by atoms with E-state index in [0.29, 0.717) is 13.0 Å². The van der Waals surface area contributed by atoms with Gasteiger partial charge in [-0.2, -0.15) is 0 Å². The summed E-state index contributed by atoms with van der Waals surface area (Å²) in [6.07, 6.45) is 0.472. The number of hydrogen-bond donors (Lipinski definition) is 3. The third kappa shape index (κ3) is 5.43. The maximum absolute atomic E-state index is 11.8. The highest BCUT2D eigenvalue weighted by atomic mass is 16.4. The molecule has 0 saturated heterocycles. The molecule has 24 heavy (non-hydrogen) atoms. The number of nitrogens with one attached hydrogen (secondary N) is 2. The Morgan fingerprint density at radius 2 is 1.62 bits per heavy atom. The van der Waals surface area contributed by atoms with E-state index in [1.807, 2.05) is 49.4 Å². The maximum Gasteiger partial charge on any atom is 0.315 e. The molecule has 0 aliphatic carbocycles.